The first-order valence-corrected chi connectivity index (χ1v) is 9.90. The van der Waals surface area contributed by atoms with Crippen LogP contribution >= 0.6 is 0 Å². The van der Waals surface area contributed by atoms with E-state index >= 15 is 0 Å². The highest BCUT2D eigenvalue weighted by molar-refractivity contribution is 5.76. The van der Waals surface area contributed by atoms with E-state index in [1.807, 2.05) is 19.3 Å². The minimum atomic E-state index is 0.141. The molecule has 0 radical (unpaired) electrons. The maximum Gasteiger partial charge on any atom is 0.220 e. The Morgan fingerprint density at radius 2 is 1.77 bits per heavy atom. The molecule has 1 aliphatic heterocycles. The maximum absolute atomic E-state index is 12.4. The monoisotopic (exact) mass is 353 g/mol. The van der Waals surface area contributed by atoms with Gasteiger partial charge in [0.25, 0.3) is 0 Å². The molecule has 0 spiro atoms. The van der Waals surface area contributed by atoms with Crippen molar-refractivity contribution < 1.29 is 4.79 Å². The fourth-order valence-electron chi connectivity index (χ4n) is 3.84. The molecule has 1 N–H and O–H groups in total. The van der Waals surface area contributed by atoms with Crippen LogP contribution in [0.2, 0.25) is 0 Å². The summed E-state index contributed by atoms with van der Waals surface area (Å²) in [6, 6.07) is 15.0. The number of aryl methyl sites for hydroxylation is 2. The van der Waals surface area contributed by atoms with Gasteiger partial charge in [-0.1, -0.05) is 43.2 Å². The van der Waals surface area contributed by atoms with Crippen LogP contribution in [0.25, 0.3) is 0 Å². The minimum absolute atomic E-state index is 0.141. The number of carbonyl (C=O) groups excluding carboxylic acids is 1. The van der Waals surface area contributed by atoms with Gasteiger partial charge in [-0.25, -0.2) is 0 Å². The van der Waals surface area contributed by atoms with Gasteiger partial charge >= 0.3 is 0 Å². The molecule has 1 fully saturated rings. The van der Waals surface area contributed by atoms with Crippen LogP contribution in [0.15, 0.2) is 48.7 Å². The zero-order chi connectivity index (χ0) is 18.2. The van der Waals surface area contributed by atoms with Crippen molar-refractivity contribution in [3.63, 3.8) is 0 Å². The van der Waals surface area contributed by atoms with Crippen LogP contribution in [-0.4, -0.2) is 35.0 Å². The molecule has 4 nitrogen and oxygen atoms in total. The molecule has 1 amide bonds. The highest BCUT2D eigenvalue weighted by Gasteiger charge is 2.22. The van der Waals surface area contributed by atoms with E-state index in [-0.39, 0.29) is 11.9 Å². The van der Waals surface area contributed by atoms with Gasteiger partial charge in [0.15, 0.2) is 0 Å². The average molecular weight is 354 g/mol. The normalized spacial score (nSPS) is 16.8. The summed E-state index contributed by atoms with van der Waals surface area (Å²) in [6.45, 7) is 2.94. The van der Waals surface area contributed by atoms with Crippen LogP contribution in [0.4, 0.5) is 0 Å². The molecule has 0 aliphatic carbocycles. The lowest BCUT2D eigenvalue weighted by molar-refractivity contribution is -0.121. The first-order chi connectivity index (χ1) is 12.7. The van der Waals surface area contributed by atoms with Crippen molar-refractivity contribution in [3.8, 4) is 0 Å². The Hall–Kier alpha value is -2.07. The third-order valence-corrected chi connectivity index (χ3v) is 5.42. The molecular formula is C22H31N3O. The third kappa shape index (κ3) is 5.21. The molecule has 0 bridgehead atoms. The molecule has 0 saturated carbocycles. The largest absolute Gasteiger partial charge is 0.354 e. The second-order valence-corrected chi connectivity index (χ2v) is 7.29. The van der Waals surface area contributed by atoms with Gasteiger partial charge in [0.2, 0.25) is 5.91 Å². The lowest BCUT2D eigenvalue weighted by Crippen LogP contribution is -2.38. The number of nitrogens with one attached hydrogen (secondary N) is 1. The van der Waals surface area contributed by atoms with Crippen molar-refractivity contribution in [2.75, 3.05) is 19.6 Å². The number of nitrogens with zero attached hydrogens (tertiary/aromatic N) is 2. The molecule has 1 atom stereocenters. The van der Waals surface area contributed by atoms with Crippen LogP contribution in [0.5, 0.6) is 0 Å². The summed E-state index contributed by atoms with van der Waals surface area (Å²) in [5.41, 5.74) is 2.50. The van der Waals surface area contributed by atoms with Crippen molar-refractivity contribution in [1.82, 2.24) is 14.8 Å². The molecule has 2 aromatic rings. The fourth-order valence-corrected chi connectivity index (χ4v) is 3.84. The van der Waals surface area contributed by atoms with Crippen molar-refractivity contribution in [2.45, 2.75) is 44.6 Å². The Bertz CT molecular complexity index is 672. The summed E-state index contributed by atoms with van der Waals surface area (Å²) in [4.78, 5) is 15.0. The first kappa shape index (κ1) is 18.7. The predicted molar refractivity (Wildman–Crippen MR) is 106 cm³/mol. The van der Waals surface area contributed by atoms with Gasteiger partial charge in [0.05, 0.1) is 6.04 Å². The number of rotatable bonds is 7. The molecule has 2 heterocycles. The van der Waals surface area contributed by atoms with E-state index in [0.29, 0.717) is 13.0 Å². The quantitative estimate of drug-likeness (QED) is 0.824. The van der Waals surface area contributed by atoms with Crippen molar-refractivity contribution in [1.29, 1.82) is 0 Å². The van der Waals surface area contributed by atoms with Crippen molar-refractivity contribution in [2.24, 2.45) is 7.05 Å². The van der Waals surface area contributed by atoms with Crippen molar-refractivity contribution >= 4 is 5.91 Å². The molecule has 4 heteroatoms. The van der Waals surface area contributed by atoms with E-state index in [2.05, 4.69) is 51.2 Å². The topological polar surface area (TPSA) is 37.3 Å². The second kappa shape index (κ2) is 9.58. The third-order valence-electron chi connectivity index (χ3n) is 5.42. The van der Waals surface area contributed by atoms with Crippen LogP contribution < -0.4 is 5.32 Å². The summed E-state index contributed by atoms with van der Waals surface area (Å²) >= 11 is 0. The SMILES string of the molecule is Cn1cccc1CCC(=O)NC[C@H](c1ccccc1)N1CCCCCC1. The molecule has 1 aromatic heterocycles. The summed E-state index contributed by atoms with van der Waals surface area (Å²) in [7, 11) is 2.03. The first-order valence-electron chi connectivity index (χ1n) is 9.90. The molecule has 1 aromatic carbocycles. The molecule has 26 heavy (non-hydrogen) atoms. The van der Waals surface area contributed by atoms with Gasteiger partial charge in [-0.05, 0) is 50.0 Å². The van der Waals surface area contributed by atoms with E-state index in [4.69, 9.17) is 0 Å². The Labute approximate surface area is 157 Å². The van der Waals surface area contributed by atoms with Gasteiger partial charge in [0, 0.05) is 31.9 Å². The minimum Gasteiger partial charge on any atom is -0.354 e. The van der Waals surface area contributed by atoms with Crippen LogP contribution in [0.3, 0.4) is 0 Å². The number of likely N-dealkylation sites (tertiary alicyclic amines) is 1. The number of amides is 1. The van der Waals surface area contributed by atoms with Gasteiger partial charge in [-0.15, -0.1) is 0 Å². The van der Waals surface area contributed by atoms with E-state index in [0.717, 1.165) is 19.5 Å². The maximum atomic E-state index is 12.4. The Kier molecular flexibility index (Phi) is 6.89. The molecule has 1 saturated heterocycles. The summed E-state index contributed by atoms with van der Waals surface area (Å²) in [5.74, 6) is 0.141. The summed E-state index contributed by atoms with van der Waals surface area (Å²) in [6.07, 6.45) is 8.50. The van der Waals surface area contributed by atoms with E-state index in [1.54, 1.807) is 0 Å². The number of hydrogen-bond donors (Lipinski definition) is 1. The zero-order valence-electron chi connectivity index (χ0n) is 15.9. The van der Waals surface area contributed by atoms with E-state index in [1.165, 1.54) is 36.9 Å². The van der Waals surface area contributed by atoms with Crippen molar-refractivity contribution in [3.05, 3.63) is 59.9 Å². The lowest BCUT2D eigenvalue weighted by Gasteiger charge is -2.31. The van der Waals surface area contributed by atoms with Crippen LogP contribution in [0, 0.1) is 0 Å². The van der Waals surface area contributed by atoms with Gasteiger partial charge in [0.1, 0.15) is 0 Å². The lowest BCUT2D eigenvalue weighted by atomic mass is 10.0. The molecule has 1 aliphatic rings. The van der Waals surface area contributed by atoms with Crippen LogP contribution in [-0.2, 0) is 18.3 Å². The van der Waals surface area contributed by atoms with Gasteiger partial charge < -0.3 is 9.88 Å². The Morgan fingerprint density at radius 1 is 1.04 bits per heavy atom. The number of benzene rings is 1. The highest BCUT2D eigenvalue weighted by atomic mass is 16.1. The molecule has 3 rings (SSSR count). The Morgan fingerprint density at radius 3 is 2.42 bits per heavy atom. The van der Waals surface area contributed by atoms with Crippen LogP contribution in [0.1, 0.15) is 49.4 Å². The zero-order valence-corrected chi connectivity index (χ0v) is 15.9. The standard InChI is InChI=1S/C22H31N3O/c1-24-15-9-12-20(24)13-14-22(26)23-18-21(19-10-5-4-6-11-19)25-16-7-2-3-8-17-25/h4-6,9-12,15,21H,2-3,7-8,13-14,16-18H2,1H3,(H,23,26)/t21-/m1/s1. The van der Waals surface area contributed by atoms with E-state index in [9.17, 15) is 4.79 Å². The molecule has 0 unspecified atom stereocenters. The number of hydrogen-bond acceptors (Lipinski definition) is 2. The highest BCUT2D eigenvalue weighted by Crippen LogP contribution is 2.23. The summed E-state index contributed by atoms with van der Waals surface area (Å²) in [5, 5.41) is 3.19. The van der Waals surface area contributed by atoms with Gasteiger partial charge in [-0.3, -0.25) is 9.69 Å². The van der Waals surface area contributed by atoms with E-state index < -0.39 is 0 Å². The Balaban J connectivity index is 1.58. The van der Waals surface area contributed by atoms with Gasteiger partial charge in [-0.2, -0.15) is 0 Å². The smallest absolute Gasteiger partial charge is 0.220 e. The molecule has 140 valence electrons. The number of carbonyl (C=O) groups is 1. The molecular weight excluding hydrogens is 322 g/mol. The number of aromatic nitrogens is 1. The second-order valence-electron chi connectivity index (χ2n) is 7.29. The summed E-state index contributed by atoms with van der Waals surface area (Å²) < 4.78 is 2.08. The fraction of sp³-hybridized carbons (Fsp3) is 0.500. The average Bonchev–Trinajstić information content (AvgIpc) is 2.90. The predicted octanol–water partition coefficient (Wildman–Crippen LogP) is 3.69.